The first-order chi connectivity index (χ1) is 9.97. The summed E-state index contributed by atoms with van der Waals surface area (Å²) >= 11 is 0. The van der Waals surface area contributed by atoms with Crippen LogP contribution in [0.5, 0.6) is 0 Å². The zero-order valence-electron chi connectivity index (χ0n) is 11.3. The number of ketones is 1. The molecule has 2 rings (SSSR count). The lowest BCUT2D eigenvalue weighted by molar-refractivity contribution is 0.0986. The van der Waals surface area contributed by atoms with Crippen LogP contribution < -0.4 is 10.5 Å². The molecule has 0 aliphatic carbocycles. The maximum Gasteiger partial charge on any atom is 0.238 e. The van der Waals surface area contributed by atoms with Crippen LogP contribution in [0.25, 0.3) is 0 Å². The zero-order chi connectivity index (χ0) is 15.3. The highest BCUT2D eigenvalue weighted by Gasteiger charge is 2.07. The highest BCUT2D eigenvalue weighted by molar-refractivity contribution is 7.89. The van der Waals surface area contributed by atoms with Crippen LogP contribution in [0.1, 0.15) is 16.8 Å². The number of hydrogen-bond donors (Lipinski definition) is 2. The van der Waals surface area contributed by atoms with Crippen LogP contribution in [0.3, 0.4) is 0 Å². The molecule has 6 heteroatoms. The van der Waals surface area contributed by atoms with E-state index in [0.717, 1.165) is 5.69 Å². The van der Waals surface area contributed by atoms with Crippen molar-refractivity contribution in [2.24, 2.45) is 5.14 Å². The summed E-state index contributed by atoms with van der Waals surface area (Å²) in [6, 6.07) is 15.2. The molecule has 0 atom stereocenters. The van der Waals surface area contributed by atoms with E-state index < -0.39 is 10.0 Å². The van der Waals surface area contributed by atoms with E-state index in [1.165, 1.54) is 12.1 Å². The molecule has 0 saturated carbocycles. The van der Waals surface area contributed by atoms with E-state index in [1.54, 1.807) is 24.3 Å². The van der Waals surface area contributed by atoms with E-state index in [-0.39, 0.29) is 10.7 Å². The summed E-state index contributed by atoms with van der Waals surface area (Å²) in [5, 5.41) is 8.09. The number of nitrogens with two attached hydrogens (primary N) is 1. The van der Waals surface area contributed by atoms with Crippen molar-refractivity contribution < 1.29 is 13.2 Å². The lowest BCUT2D eigenvalue weighted by Gasteiger charge is -2.06. The van der Waals surface area contributed by atoms with Gasteiger partial charge in [-0.25, -0.2) is 13.6 Å². The number of sulfonamides is 1. The molecule has 2 aromatic rings. The predicted octanol–water partition coefficient (Wildman–Crippen LogP) is 2.02. The second-order valence-corrected chi connectivity index (χ2v) is 6.10. The van der Waals surface area contributed by atoms with Gasteiger partial charge in [-0.2, -0.15) is 0 Å². The highest BCUT2D eigenvalue weighted by atomic mass is 32.2. The van der Waals surface area contributed by atoms with E-state index in [0.29, 0.717) is 18.5 Å². The van der Waals surface area contributed by atoms with Gasteiger partial charge in [-0.15, -0.1) is 0 Å². The van der Waals surface area contributed by atoms with Crippen molar-refractivity contribution in [3.05, 3.63) is 60.2 Å². The van der Waals surface area contributed by atoms with Gasteiger partial charge in [0.25, 0.3) is 0 Å². The fraction of sp³-hybridized carbons (Fsp3) is 0.133. The normalized spacial score (nSPS) is 11.1. The van der Waals surface area contributed by atoms with Crippen LogP contribution in [0.2, 0.25) is 0 Å². The largest absolute Gasteiger partial charge is 0.385 e. The van der Waals surface area contributed by atoms with Crippen molar-refractivity contribution in [3.8, 4) is 0 Å². The second kappa shape index (κ2) is 6.51. The molecule has 0 saturated heterocycles. The molecule has 0 amide bonds. The maximum absolute atomic E-state index is 11.9. The topological polar surface area (TPSA) is 89.3 Å². The van der Waals surface area contributed by atoms with E-state index in [9.17, 15) is 13.2 Å². The van der Waals surface area contributed by atoms with Crippen LogP contribution in [0.15, 0.2) is 59.5 Å². The second-order valence-electron chi connectivity index (χ2n) is 4.54. The molecule has 0 aromatic heterocycles. The zero-order valence-corrected chi connectivity index (χ0v) is 12.1. The minimum atomic E-state index is -3.67. The molecule has 21 heavy (non-hydrogen) atoms. The Morgan fingerprint density at radius 2 is 1.62 bits per heavy atom. The Morgan fingerprint density at radius 3 is 2.19 bits per heavy atom. The third-order valence-electron chi connectivity index (χ3n) is 2.96. The Balaban J connectivity index is 1.88. The minimum absolute atomic E-state index is 0.0595. The smallest absolute Gasteiger partial charge is 0.238 e. The molecule has 0 radical (unpaired) electrons. The standard InChI is InChI=1S/C15H16N2O3S/c16-21(19,20)14-8-6-13(7-9-14)17-11-10-15(18)12-4-2-1-3-5-12/h1-9,17H,10-11H2,(H2,16,19,20). The van der Waals surface area contributed by atoms with Gasteiger partial charge in [0.15, 0.2) is 5.78 Å². The molecule has 5 nitrogen and oxygen atoms in total. The molecular formula is C15H16N2O3S. The Bertz CT molecular complexity index is 710. The SMILES string of the molecule is NS(=O)(=O)c1ccc(NCCC(=O)c2ccccc2)cc1. The molecule has 2 aromatic carbocycles. The Hall–Kier alpha value is -2.18. The summed E-state index contributed by atoms with van der Waals surface area (Å²) in [6.45, 7) is 0.475. The number of hydrogen-bond acceptors (Lipinski definition) is 4. The molecule has 0 spiro atoms. The van der Waals surface area contributed by atoms with E-state index in [4.69, 9.17) is 5.14 Å². The monoisotopic (exact) mass is 304 g/mol. The van der Waals surface area contributed by atoms with Gasteiger partial charge in [0.05, 0.1) is 4.90 Å². The van der Waals surface area contributed by atoms with Gasteiger partial charge in [0, 0.05) is 24.2 Å². The van der Waals surface area contributed by atoms with Gasteiger partial charge in [0.2, 0.25) is 10.0 Å². The first kappa shape index (κ1) is 15.2. The predicted molar refractivity (Wildman–Crippen MR) is 81.7 cm³/mol. The average Bonchev–Trinajstić information content (AvgIpc) is 2.47. The molecule has 0 aliphatic rings. The van der Waals surface area contributed by atoms with Gasteiger partial charge in [0.1, 0.15) is 0 Å². The summed E-state index contributed by atoms with van der Waals surface area (Å²) in [4.78, 5) is 11.9. The first-order valence-electron chi connectivity index (χ1n) is 6.42. The summed E-state index contributed by atoms with van der Waals surface area (Å²) in [6.07, 6.45) is 0.362. The minimum Gasteiger partial charge on any atom is -0.385 e. The number of Topliss-reactive ketones (excluding diaryl/α,β-unsaturated/α-hetero) is 1. The van der Waals surface area contributed by atoms with Crippen molar-refractivity contribution in [2.75, 3.05) is 11.9 Å². The first-order valence-corrected chi connectivity index (χ1v) is 7.96. The van der Waals surface area contributed by atoms with Gasteiger partial charge in [-0.1, -0.05) is 30.3 Å². The number of benzene rings is 2. The van der Waals surface area contributed by atoms with Crippen molar-refractivity contribution >= 4 is 21.5 Å². The molecule has 3 N–H and O–H groups in total. The highest BCUT2D eigenvalue weighted by Crippen LogP contribution is 2.13. The lowest BCUT2D eigenvalue weighted by atomic mass is 10.1. The van der Waals surface area contributed by atoms with Crippen LogP contribution in [0, 0.1) is 0 Å². The quantitative estimate of drug-likeness (QED) is 0.799. The van der Waals surface area contributed by atoms with E-state index in [1.807, 2.05) is 18.2 Å². The number of primary sulfonamides is 1. The number of anilines is 1. The summed E-state index contributed by atoms with van der Waals surface area (Å²) in [5.74, 6) is 0.0595. The molecule has 0 fully saturated rings. The Kier molecular flexibility index (Phi) is 4.72. The van der Waals surface area contributed by atoms with Gasteiger partial charge >= 0.3 is 0 Å². The summed E-state index contributed by atoms with van der Waals surface area (Å²) < 4.78 is 22.2. The van der Waals surface area contributed by atoms with E-state index >= 15 is 0 Å². The summed E-state index contributed by atoms with van der Waals surface area (Å²) in [5.41, 5.74) is 1.42. The molecule has 0 bridgehead atoms. The maximum atomic E-state index is 11.9. The molecule has 0 aliphatic heterocycles. The molecule has 110 valence electrons. The van der Waals surface area contributed by atoms with Gasteiger partial charge in [-0.3, -0.25) is 4.79 Å². The third kappa shape index (κ3) is 4.40. The lowest BCUT2D eigenvalue weighted by Crippen LogP contribution is -2.12. The van der Waals surface area contributed by atoms with Crippen molar-refractivity contribution in [1.82, 2.24) is 0 Å². The van der Waals surface area contributed by atoms with Crippen molar-refractivity contribution in [2.45, 2.75) is 11.3 Å². The Morgan fingerprint density at radius 1 is 1.00 bits per heavy atom. The third-order valence-corrected chi connectivity index (χ3v) is 3.89. The number of rotatable bonds is 6. The summed E-state index contributed by atoms with van der Waals surface area (Å²) in [7, 11) is -3.67. The van der Waals surface area contributed by atoms with Crippen LogP contribution >= 0.6 is 0 Å². The fourth-order valence-electron chi connectivity index (χ4n) is 1.85. The average molecular weight is 304 g/mol. The van der Waals surface area contributed by atoms with Crippen molar-refractivity contribution in [1.29, 1.82) is 0 Å². The molecule has 0 heterocycles. The fourth-order valence-corrected chi connectivity index (χ4v) is 2.37. The number of carbonyl (C=O) groups is 1. The van der Waals surface area contributed by atoms with Gasteiger partial charge in [-0.05, 0) is 24.3 Å². The van der Waals surface area contributed by atoms with Crippen LogP contribution in [-0.2, 0) is 10.0 Å². The number of carbonyl (C=O) groups excluding carboxylic acids is 1. The van der Waals surface area contributed by atoms with Crippen LogP contribution in [-0.4, -0.2) is 20.7 Å². The van der Waals surface area contributed by atoms with Crippen molar-refractivity contribution in [3.63, 3.8) is 0 Å². The van der Waals surface area contributed by atoms with E-state index in [2.05, 4.69) is 5.32 Å². The molecular weight excluding hydrogens is 288 g/mol. The van der Waals surface area contributed by atoms with Crippen LogP contribution in [0.4, 0.5) is 5.69 Å². The Labute approximate surface area is 123 Å². The number of nitrogens with one attached hydrogen (secondary N) is 1. The van der Waals surface area contributed by atoms with Gasteiger partial charge < -0.3 is 5.32 Å². The molecule has 0 unspecified atom stereocenters.